The van der Waals surface area contributed by atoms with Crippen LogP contribution in [0.15, 0.2) is 60.8 Å². The maximum atomic E-state index is 14.8. The molecule has 4 saturated heterocycles. The van der Waals surface area contributed by atoms with Crippen LogP contribution in [0.2, 0.25) is 5.02 Å². The molecule has 4 aromatic rings. The Bertz CT molecular complexity index is 2730. The van der Waals surface area contributed by atoms with Crippen molar-refractivity contribution in [1.82, 2.24) is 34.9 Å². The zero-order chi connectivity index (χ0) is 49.0. The van der Waals surface area contributed by atoms with Crippen LogP contribution >= 0.6 is 11.6 Å². The number of aryl methyl sites for hydroxylation is 1. The summed E-state index contributed by atoms with van der Waals surface area (Å²) in [5, 5.41) is 17.0. The van der Waals surface area contributed by atoms with Gasteiger partial charge in [-0.1, -0.05) is 11.6 Å². The number of benzene rings is 3. The van der Waals surface area contributed by atoms with Crippen LogP contribution in [0.3, 0.4) is 0 Å². The quantitative estimate of drug-likeness (QED) is 0.175. The fraction of sp³-hybridized carbons (Fsp3) is 0.527. The predicted octanol–water partition coefficient (Wildman–Crippen LogP) is 8.81. The summed E-state index contributed by atoms with van der Waals surface area (Å²) in [5.41, 5.74) is 12.5. The second-order valence-corrected chi connectivity index (χ2v) is 21.8. The second-order valence-electron chi connectivity index (χ2n) is 21.4. The van der Waals surface area contributed by atoms with Crippen molar-refractivity contribution < 1.29 is 18.4 Å². The Morgan fingerprint density at radius 2 is 1.62 bits per heavy atom. The lowest BCUT2D eigenvalue weighted by Gasteiger charge is -2.39. The number of nitrogens with one attached hydrogen (secondary N) is 1. The normalized spacial score (nSPS) is 21.0. The van der Waals surface area contributed by atoms with Crippen LogP contribution in [0, 0.1) is 22.7 Å². The van der Waals surface area contributed by atoms with Crippen molar-refractivity contribution in [2.24, 2.45) is 11.3 Å². The predicted molar refractivity (Wildman–Crippen MR) is 274 cm³/mol. The van der Waals surface area contributed by atoms with Gasteiger partial charge in [0.25, 0.3) is 12.3 Å². The molecule has 71 heavy (non-hydrogen) atoms. The van der Waals surface area contributed by atoms with Crippen molar-refractivity contribution in [3.05, 3.63) is 105 Å². The fourth-order valence-electron chi connectivity index (χ4n) is 12.9. The van der Waals surface area contributed by atoms with Gasteiger partial charge in [0.2, 0.25) is 5.91 Å². The number of amides is 2. The number of carbonyl (C=O) groups is 2. The molecule has 8 heterocycles. The van der Waals surface area contributed by atoms with Gasteiger partial charge in [-0.15, -0.1) is 0 Å². The molecule has 0 unspecified atom stereocenters. The number of likely N-dealkylation sites (tertiary alicyclic amines) is 2. The molecule has 1 aromatic heterocycles. The number of nitrogens with zero attached hydrogens (tertiary/aromatic N) is 10. The lowest BCUT2D eigenvalue weighted by molar-refractivity contribution is -0.129. The number of hydrogen-bond donors (Lipinski definition) is 1. The number of hydrogen-bond acceptors (Lipinski definition) is 10. The van der Waals surface area contributed by atoms with Gasteiger partial charge in [0, 0.05) is 145 Å². The number of rotatable bonds is 9. The summed E-state index contributed by atoms with van der Waals surface area (Å²) in [5.74, 6) is 1.60. The summed E-state index contributed by atoms with van der Waals surface area (Å²) in [6.07, 6.45) is 9.04. The molecule has 2 amide bonds. The minimum atomic E-state index is -2.62. The molecule has 0 saturated carbocycles. The maximum Gasteiger partial charge on any atom is 0.264 e. The molecule has 7 aliphatic rings. The van der Waals surface area contributed by atoms with E-state index in [1.165, 1.54) is 11.4 Å². The van der Waals surface area contributed by atoms with Crippen LogP contribution in [0.4, 0.5) is 31.7 Å². The Morgan fingerprint density at radius 3 is 2.31 bits per heavy atom. The summed E-state index contributed by atoms with van der Waals surface area (Å²) >= 11 is 6.36. The molecular formula is C55H66ClF2N11O2. The van der Waals surface area contributed by atoms with Gasteiger partial charge in [-0.05, 0) is 140 Å². The van der Waals surface area contributed by atoms with Gasteiger partial charge in [-0.3, -0.25) is 14.3 Å². The van der Waals surface area contributed by atoms with Crippen LogP contribution in [0.25, 0.3) is 5.57 Å². The average Bonchev–Trinajstić information content (AvgIpc) is 4.13. The van der Waals surface area contributed by atoms with Gasteiger partial charge in [-0.2, -0.15) is 10.4 Å². The fourth-order valence-corrected chi connectivity index (χ4v) is 13.1. The van der Waals surface area contributed by atoms with E-state index < -0.39 is 6.43 Å². The molecule has 0 radical (unpaired) electrons. The largest absolute Gasteiger partial charge is 0.372 e. The highest BCUT2D eigenvalue weighted by molar-refractivity contribution is 6.32. The van der Waals surface area contributed by atoms with Gasteiger partial charge in [0.15, 0.2) is 5.82 Å². The molecule has 374 valence electrons. The van der Waals surface area contributed by atoms with Crippen molar-refractivity contribution >= 4 is 51.9 Å². The van der Waals surface area contributed by atoms with Gasteiger partial charge in [0.05, 0.1) is 23.2 Å². The van der Waals surface area contributed by atoms with E-state index in [1.54, 1.807) is 19.1 Å². The minimum absolute atomic E-state index is 0.0409. The number of alkyl halides is 2. The molecule has 0 bridgehead atoms. The van der Waals surface area contributed by atoms with E-state index in [-0.39, 0.29) is 28.8 Å². The first-order valence-corrected chi connectivity index (χ1v) is 26.4. The minimum Gasteiger partial charge on any atom is -0.372 e. The molecule has 16 heteroatoms. The topological polar surface area (TPSA) is 110 Å². The van der Waals surface area contributed by atoms with E-state index in [9.17, 15) is 23.6 Å². The zero-order valence-corrected chi connectivity index (χ0v) is 41.9. The van der Waals surface area contributed by atoms with Gasteiger partial charge >= 0.3 is 0 Å². The Labute approximate surface area is 421 Å². The third kappa shape index (κ3) is 9.48. The summed E-state index contributed by atoms with van der Waals surface area (Å²) in [4.78, 5) is 40.0. The van der Waals surface area contributed by atoms with Gasteiger partial charge in [-0.25, -0.2) is 14.2 Å². The van der Waals surface area contributed by atoms with Crippen LogP contribution < -0.4 is 20.1 Å². The number of hydrazine groups is 1. The van der Waals surface area contributed by atoms with Crippen LogP contribution in [-0.2, 0) is 24.2 Å². The Hall–Kier alpha value is -5.69. The Morgan fingerprint density at radius 1 is 0.873 bits per heavy atom. The van der Waals surface area contributed by atoms with E-state index in [4.69, 9.17) is 16.7 Å². The summed E-state index contributed by atoms with van der Waals surface area (Å²) < 4.78 is 31.9. The van der Waals surface area contributed by atoms with Crippen molar-refractivity contribution in [3.63, 3.8) is 0 Å². The lowest BCUT2D eigenvalue weighted by Crippen LogP contribution is -2.44. The molecule has 3 aromatic carbocycles. The summed E-state index contributed by atoms with van der Waals surface area (Å²) in [6.45, 7) is 12.5. The van der Waals surface area contributed by atoms with Crippen LogP contribution in [0.5, 0.6) is 0 Å². The van der Waals surface area contributed by atoms with Crippen molar-refractivity contribution in [1.29, 1.82) is 5.26 Å². The molecule has 0 aliphatic carbocycles. The molecule has 7 aliphatic heterocycles. The third-order valence-electron chi connectivity index (χ3n) is 17.1. The Kier molecular flexibility index (Phi) is 13.2. The average molecular weight is 987 g/mol. The standard InChI is InChI=1S/C55H66ClF2N11O2/c1-37(70)66-24-15-50-48(35-66)53(68-19-3-4-40-28-46(42-32-60-62(2)34-42)47(52(57)58)30-51(40)68)61-69(50)44-13-20-63(21-14-44)33-38-11-22-64(23-12-38)43-8-5-39(6-9-43)54(71)65-25-16-55(17-26-65)18-27-67(36-55)45-10-7-41(31-59)49(56)29-45/h5-10,28-30,34,38,44,52,60H,3-4,11-27,32-33,35-36H2,1-2H3. The SMILES string of the molecule is CC(=O)N1CCc2c(c(N3CCCc4cc(C5=CN(C)NC5)c(C(F)F)cc43)nn2C2CCN(CC3CCN(c4ccc(C(=O)N5CCC6(CC5)CCN(c5ccc(C#N)c(Cl)c5)C6)cc4)CC3)CC2)C1. The summed E-state index contributed by atoms with van der Waals surface area (Å²) in [7, 11) is 1.88. The number of nitriles is 1. The number of aromatic nitrogens is 2. The first-order valence-electron chi connectivity index (χ1n) is 26.0. The number of carbonyl (C=O) groups excluding carboxylic acids is 2. The highest BCUT2D eigenvalue weighted by Gasteiger charge is 2.42. The van der Waals surface area contributed by atoms with Crippen molar-refractivity contribution in [2.45, 2.75) is 90.1 Å². The number of anilines is 4. The van der Waals surface area contributed by atoms with Gasteiger partial charge in [0.1, 0.15) is 6.07 Å². The van der Waals surface area contributed by atoms with E-state index in [2.05, 4.69) is 47.9 Å². The highest BCUT2D eigenvalue weighted by Crippen LogP contribution is 2.45. The molecule has 0 atom stereocenters. The highest BCUT2D eigenvalue weighted by atomic mass is 35.5. The van der Waals surface area contributed by atoms with Gasteiger partial charge < -0.3 is 34.4 Å². The van der Waals surface area contributed by atoms with Crippen molar-refractivity contribution in [2.75, 3.05) is 100 Å². The zero-order valence-electron chi connectivity index (χ0n) is 41.2. The molecule has 4 fully saturated rings. The second kappa shape index (κ2) is 19.7. The molecule has 13 nitrogen and oxygen atoms in total. The molecular weight excluding hydrogens is 920 g/mol. The van der Waals surface area contributed by atoms with Crippen LogP contribution in [-0.4, -0.2) is 127 Å². The molecule has 1 N–H and O–H groups in total. The monoisotopic (exact) mass is 986 g/mol. The molecule has 1 spiro atoms. The maximum absolute atomic E-state index is 14.8. The van der Waals surface area contributed by atoms with E-state index in [0.29, 0.717) is 48.2 Å². The van der Waals surface area contributed by atoms with E-state index >= 15 is 0 Å². The number of fused-ring (bicyclic) bond motifs is 2. The first kappa shape index (κ1) is 47.6. The summed E-state index contributed by atoms with van der Waals surface area (Å²) in [6, 6.07) is 20.1. The molecule has 11 rings (SSSR count). The smallest absolute Gasteiger partial charge is 0.264 e. The van der Waals surface area contributed by atoms with Crippen molar-refractivity contribution in [3.8, 4) is 6.07 Å². The van der Waals surface area contributed by atoms with E-state index in [0.717, 1.165) is 163 Å². The Balaban J connectivity index is 0.683. The third-order valence-corrected chi connectivity index (χ3v) is 17.4. The van der Waals surface area contributed by atoms with E-state index in [1.807, 2.05) is 58.4 Å². The number of piperidine rings is 3. The first-order chi connectivity index (χ1) is 34.4. The van der Waals surface area contributed by atoms with Crippen LogP contribution in [0.1, 0.15) is 115 Å². The lowest BCUT2D eigenvalue weighted by atomic mass is 9.77. The number of halogens is 3.